The van der Waals surface area contributed by atoms with Gasteiger partial charge in [-0.15, -0.1) is 0 Å². The van der Waals surface area contributed by atoms with Gasteiger partial charge in [-0.05, 0) is 31.2 Å². The summed E-state index contributed by atoms with van der Waals surface area (Å²) in [5.41, 5.74) is 7.00. The second-order valence-corrected chi connectivity index (χ2v) is 5.59. The lowest BCUT2D eigenvalue weighted by Crippen LogP contribution is -2.46. The molecule has 1 aliphatic rings. The largest absolute Gasteiger partial charge is 0.384 e. The van der Waals surface area contributed by atoms with Gasteiger partial charge in [0.05, 0.1) is 0 Å². The third-order valence-corrected chi connectivity index (χ3v) is 3.89. The Labute approximate surface area is 129 Å². The fourth-order valence-electron chi connectivity index (χ4n) is 2.58. The summed E-state index contributed by atoms with van der Waals surface area (Å²) >= 11 is 5.93. The average Bonchev–Trinajstić information content (AvgIpc) is 2.47. The molecule has 2 aromatic rings. The zero-order chi connectivity index (χ0) is 14.8. The van der Waals surface area contributed by atoms with Crippen LogP contribution in [0, 0.1) is 6.92 Å². The SMILES string of the molecule is Cc1nc(N)cc(N2CCN(c3ccc(Cl)cc3)CC2)n1. The normalized spacial score (nSPS) is 15.3. The van der Waals surface area contributed by atoms with Crippen LogP contribution in [0.4, 0.5) is 17.3 Å². The van der Waals surface area contributed by atoms with Crippen molar-refractivity contribution in [3.05, 3.63) is 41.2 Å². The predicted molar refractivity (Wildman–Crippen MR) is 87.1 cm³/mol. The molecule has 21 heavy (non-hydrogen) atoms. The van der Waals surface area contributed by atoms with Crippen molar-refractivity contribution in [1.82, 2.24) is 9.97 Å². The number of hydrogen-bond acceptors (Lipinski definition) is 5. The second kappa shape index (κ2) is 5.77. The predicted octanol–water partition coefficient (Wildman–Crippen LogP) is 2.35. The van der Waals surface area contributed by atoms with Gasteiger partial charge in [0.1, 0.15) is 17.5 Å². The summed E-state index contributed by atoms with van der Waals surface area (Å²) in [7, 11) is 0. The Hall–Kier alpha value is -2.01. The number of halogens is 1. The monoisotopic (exact) mass is 303 g/mol. The summed E-state index contributed by atoms with van der Waals surface area (Å²) in [6.07, 6.45) is 0. The van der Waals surface area contributed by atoms with E-state index in [4.69, 9.17) is 17.3 Å². The van der Waals surface area contributed by atoms with Crippen LogP contribution in [0.5, 0.6) is 0 Å². The number of benzene rings is 1. The van der Waals surface area contributed by atoms with Crippen LogP contribution in [-0.2, 0) is 0 Å². The minimum absolute atomic E-state index is 0.526. The number of nitrogen functional groups attached to an aromatic ring is 1. The Morgan fingerprint density at radius 2 is 1.62 bits per heavy atom. The van der Waals surface area contributed by atoms with Crippen molar-refractivity contribution < 1.29 is 0 Å². The first-order valence-electron chi connectivity index (χ1n) is 6.98. The van der Waals surface area contributed by atoms with Crippen LogP contribution in [0.1, 0.15) is 5.82 Å². The van der Waals surface area contributed by atoms with Gasteiger partial charge in [0.2, 0.25) is 0 Å². The Kier molecular flexibility index (Phi) is 3.84. The highest BCUT2D eigenvalue weighted by Gasteiger charge is 2.19. The minimum atomic E-state index is 0.526. The van der Waals surface area contributed by atoms with Gasteiger partial charge in [-0.2, -0.15) is 0 Å². The van der Waals surface area contributed by atoms with Gasteiger partial charge in [0.15, 0.2) is 0 Å². The fourth-order valence-corrected chi connectivity index (χ4v) is 2.71. The number of rotatable bonds is 2. The van der Waals surface area contributed by atoms with E-state index < -0.39 is 0 Å². The van der Waals surface area contributed by atoms with Crippen molar-refractivity contribution >= 4 is 28.9 Å². The molecule has 5 nitrogen and oxygen atoms in total. The van der Waals surface area contributed by atoms with E-state index in [1.54, 1.807) is 0 Å². The highest BCUT2D eigenvalue weighted by Crippen LogP contribution is 2.21. The highest BCUT2D eigenvalue weighted by atomic mass is 35.5. The van der Waals surface area contributed by atoms with Crippen LogP contribution in [-0.4, -0.2) is 36.1 Å². The Bertz CT molecular complexity index is 600. The smallest absolute Gasteiger partial charge is 0.134 e. The number of anilines is 3. The first-order valence-corrected chi connectivity index (χ1v) is 7.36. The molecule has 0 atom stereocenters. The molecule has 0 radical (unpaired) electrons. The van der Waals surface area contributed by atoms with Gasteiger partial charge in [-0.3, -0.25) is 0 Å². The van der Waals surface area contributed by atoms with Gasteiger partial charge in [0.25, 0.3) is 0 Å². The first kappa shape index (κ1) is 13.9. The molecule has 0 aliphatic carbocycles. The van der Waals surface area contributed by atoms with E-state index in [1.165, 1.54) is 5.69 Å². The Morgan fingerprint density at radius 3 is 2.24 bits per heavy atom. The molecule has 3 rings (SSSR count). The van der Waals surface area contributed by atoms with Gasteiger partial charge >= 0.3 is 0 Å². The maximum absolute atomic E-state index is 5.93. The van der Waals surface area contributed by atoms with Crippen molar-refractivity contribution in [2.45, 2.75) is 6.92 Å². The molecular formula is C15H18ClN5. The highest BCUT2D eigenvalue weighted by molar-refractivity contribution is 6.30. The third kappa shape index (κ3) is 3.19. The standard InChI is InChI=1S/C15H18ClN5/c1-11-18-14(17)10-15(19-11)21-8-6-20(7-9-21)13-4-2-12(16)3-5-13/h2-5,10H,6-9H2,1H3,(H2,17,18,19). The topological polar surface area (TPSA) is 58.3 Å². The molecule has 0 saturated carbocycles. The third-order valence-electron chi connectivity index (χ3n) is 3.64. The molecule has 1 aromatic carbocycles. The molecule has 1 aromatic heterocycles. The summed E-state index contributed by atoms with van der Waals surface area (Å²) < 4.78 is 0. The van der Waals surface area contributed by atoms with Gasteiger partial charge in [-0.25, -0.2) is 9.97 Å². The van der Waals surface area contributed by atoms with E-state index in [1.807, 2.05) is 25.1 Å². The summed E-state index contributed by atoms with van der Waals surface area (Å²) in [4.78, 5) is 13.2. The lowest BCUT2D eigenvalue weighted by Gasteiger charge is -2.36. The summed E-state index contributed by atoms with van der Waals surface area (Å²) in [5.74, 6) is 2.15. The molecule has 1 aliphatic heterocycles. The quantitative estimate of drug-likeness (QED) is 0.923. The van der Waals surface area contributed by atoms with E-state index in [9.17, 15) is 0 Å². The first-order chi connectivity index (χ1) is 10.1. The number of nitrogens with zero attached hydrogens (tertiary/aromatic N) is 4. The molecule has 1 fully saturated rings. The lowest BCUT2D eigenvalue weighted by atomic mass is 10.2. The van der Waals surface area contributed by atoms with Gasteiger partial charge in [0, 0.05) is 43.0 Å². The Balaban J connectivity index is 1.68. The average molecular weight is 304 g/mol. The molecule has 2 N–H and O–H groups in total. The fraction of sp³-hybridized carbons (Fsp3) is 0.333. The zero-order valence-corrected chi connectivity index (χ0v) is 12.7. The van der Waals surface area contributed by atoms with Crippen molar-refractivity contribution in [3.8, 4) is 0 Å². The van der Waals surface area contributed by atoms with Crippen LogP contribution in [0.25, 0.3) is 0 Å². The van der Waals surface area contributed by atoms with Crippen LogP contribution in [0.3, 0.4) is 0 Å². The lowest BCUT2D eigenvalue weighted by molar-refractivity contribution is 0.646. The maximum atomic E-state index is 5.93. The number of piperazine rings is 1. The molecule has 0 spiro atoms. The minimum Gasteiger partial charge on any atom is -0.384 e. The Morgan fingerprint density at radius 1 is 1.00 bits per heavy atom. The van der Waals surface area contributed by atoms with E-state index in [0.29, 0.717) is 11.6 Å². The van der Waals surface area contributed by atoms with Crippen LogP contribution < -0.4 is 15.5 Å². The molecule has 0 unspecified atom stereocenters. The molecule has 2 heterocycles. The molecular weight excluding hydrogens is 286 g/mol. The van der Waals surface area contributed by atoms with E-state index in [-0.39, 0.29) is 0 Å². The molecule has 1 saturated heterocycles. The number of nitrogens with two attached hydrogens (primary N) is 1. The van der Waals surface area contributed by atoms with Crippen molar-refractivity contribution in [3.63, 3.8) is 0 Å². The molecule has 110 valence electrons. The number of aryl methyl sites for hydroxylation is 1. The van der Waals surface area contributed by atoms with Crippen LogP contribution >= 0.6 is 11.6 Å². The van der Waals surface area contributed by atoms with E-state index in [2.05, 4.69) is 31.9 Å². The molecule has 6 heteroatoms. The van der Waals surface area contributed by atoms with E-state index >= 15 is 0 Å². The number of aromatic nitrogens is 2. The number of hydrogen-bond donors (Lipinski definition) is 1. The molecule has 0 amide bonds. The summed E-state index contributed by atoms with van der Waals surface area (Å²) in [5, 5.41) is 0.768. The second-order valence-electron chi connectivity index (χ2n) is 5.15. The van der Waals surface area contributed by atoms with Gasteiger partial charge in [-0.1, -0.05) is 11.6 Å². The van der Waals surface area contributed by atoms with Crippen LogP contribution in [0.2, 0.25) is 5.02 Å². The summed E-state index contributed by atoms with van der Waals surface area (Å²) in [6, 6.07) is 9.82. The maximum Gasteiger partial charge on any atom is 0.134 e. The van der Waals surface area contributed by atoms with Crippen molar-refractivity contribution in [2.75, 3.05) is 41.7 Å². The van der Waals surface area contributed by atoms with Gasteiger partial charge < -0.3 is 15.5 Å². The van der Waals surface area contributed by atoms with Crippen molar-refractivity contribution in [2.24, 2.45) is 0 Å². The van der Waals surface area contributed by atoms with Crippen molar-refractivity contribution in [1.29, 1.82) is 0 Å². The van der Waals surface area contributed by atoms with Crippen LogP contribution in [0.15, 0.2) is 30.3 Å². The zero-order valence-electron chi connectivity index (χ0n) is 12.0. The van der Waals surface area contributed by atoms with E-state index in [0.717, 1.165) is 37.0 Å². The molecule has 0 bridgehead atoms. The summed E-state index contributed by atoms with van der Waals surface area (Å²) in [6.45, 7) is 5.59.